The Morgan fingerprint density at radius 2 is 1.84 bits per heavy atom. The van der Waals surface area contributed by atoms with Crippen LogP contribution in [0.4, 0.5) is 0 Å². The zero-order valence-corrected chi connectivity index (χ0v) is 10.3. The molecular formula is C15H14O4. The van der Waals surface area contributed by atoms with Crippen molar-refractivity contribution in [3.63, 3.8) is 0 Å². The van der Waals surface area contributed by atoms with Crippen molar-refractivity contribution < 1.29 is 19.4 Å². The molecule has 0 aliphatic heterocycles. The molecule has 0 amide bonds. The third-order valence-electron chi connectivity index (χ3n) is 2.50. The van der Waals surface area contributed by atoms with Gasteiger partial charge in [-0.1, -0.05) is 36.4 Å². The molecule has 1 N–H and O–H groups in total. The monoisotopic (exact) mass is 258 g/mol. The molecule has 0 bridgehead atoms. The van der Waals surface area contributed by atoms with Gasteiger partial charge in [-0.3, -0.25) is 0 Å². The first-order valence-corrected chi connectivity index (χ1v) is 5.83. The number of carboxylic acid groups (broad SMARTS) is 1. The van der Waals surface area contributed by atoms with Crippen LogP contribution in [-0.4, -0.2) is 17.9 Å². The number of benzene rings is 2. The summed E-state index contributed by atoms with van der Waals surface area (Å²) in [6.45, 7) is 0.539. The fourth-order valence-electron chi connectivity index (χ4n) is 1.56. The molecule has 4 nitrogen and oxygen atoms in total. The smallest absolute Gasteiger partial charge is 0.335 e. The third kappa shape index (κ3) is 4.12. The largest absolute Gasteiger partial charge is 0.478 e. The standard InChI is InChI=1S/C15H14O4/c16-15(17)13-7-4-8-14(9-13)19-11-18-10-12-5-2-1-3-6-12/h1-9H,10-11H2,(H,16,17). The van der Waals surface area contributed by atoms with Crippen LogP contribution in [-0.2, 0) is 11.3 Å². The van der Waals surface area contributed by atoms with E-state index in [-0.39, 0.29) is 12.4 Å². The van der Waals surface area contributed by atoms with Crippen molar-refractivity contribution in [3.8, 4) is 5.75 Å². The lowest BCUT2D eigenvalue weighted by atomic mass is 10.2. The van der Waals surface area contributed by atoms with Crippen LogP contribution in [0.3, 0.4) is 0 Å². The van der Waals surface area contributed by atoms with Crippen molar-refractivity contribution in [3.05, 3.63) is 65.7 Å². The summed E-state index contributed by atoms with van der Waals surface area (Å²) in [5.41, 5.74) is 1.26. The molecule has 0 spiro atoms. The quantitative estimate of drug-likeness (QED) is 0.639. The summed E-state index contributed by atoms with van der Waals surface area (Å²) in [4.78, 5) is 10.8. The number of hydrogen-bond donors (Lipinski definition) is 1. The van der Waals surface area contributed by atoms with E-state index in [1.54, 1.807) is 12.1 Å². The third-order valence-corrected chi connectivity index (χ3v) is 2.50. The Morgan fingerprint density at radius 1 is 1.05 bits per heavy atom. The van der Waals surface area contributed by atoms with Gasteiger partial charge < -0.3 is 14.6 Å². The van der Waals surface area contributed by atoms with Gasteiger partial charge in [-0.25, -0.2) is 4.79 Å². The highest BCUT2D eigenvalue weighted by Gasteiger charge is 2.03. The van der Waals surface area contributed by atoms with E-state index in [0.29, 0.717) is 12.4 Å². The molecule has 0 radical (unpaired) electrons. The Morgan fingerprint density at radius 3 is 2.58 bits per heavy atom. The first kappa shape index (κ1) is 13.1. The number of ether oxygens (including phenoxy) is 2. The van der Waals surface area contributed by atoms with Gasteiger partial charge in [-0.2, -0.15) is 0 Å². The molecule has 0 atom stereocenters. The molecule has 0 saturated carbocycles. The average molecular weight is 258 g/mol. The molecule has 19 heavy (non-hydrogen) atoms. The van der Waals surface area contributed by atoms with E-state index < -0.39 is 5.97 Å². The average Bonchev–Trinajstić information content (AvgIpc) is 2.45. The van der Waals surface area contributed by atoms with Gasteiger partial charge in [0.05, 0.1) is 12.2 Å². The summed E-state index contributed by atoms with van der Waals surface area (Å²) in [5, 5.41) is 8.84. The van der Waals surface area contributed by atoms with E-state index >= 15 is 0 Å². The first-order valence-electron chi connectivity index (χ1n) is 5.83. The Kier molecular flexibility index (Phi) is 4.53. The van der Waals surface area contributed by atoms with E-state index in [0.717, 1.165) is 5.56 Å². The van der Waals surface area contributed by atoms with Crippen LogP contribution in [0.2, 0.25) is 0 Å². The molecule has 2 aromatic carbocycles. The summed E-state index contributed by atoms with van der Waals surface area (Å²) in [6, 6.07) is 16.1. The van der Waals surface area contributed by atoms with Gasteiger partial charge >= 0.3 is 5.97 Å². The van der Waals surface area contributed by atoms with Crippen LogP contribution >= 0.6 is 0 Å². The Balaban J connectivity index is 1.80. The van der Waals surface area contributed by atoms with Gasteiger partial charge in [-0.15, -0.1) is 0 Å². The molecule has 0 saturated heterocycles. The minimum atomic E-state index is -0.976. The zero-order valence-electron chi connectivity index (χ0n) is 10.3. The summed E-state index contributed by atoms with van der Waals surface area (Å²) in [5.74, 6) is -0.497. The zero-order chi connectivity index (χ0) is 13.5. The van der Waals surface area contributed by atoms with Gasteiger partial charge in [-0.05, 0) is 23.8 Å². The lowest BCUT2D eigenvalue weighted by Gasteiger charge is -2.07. The van der Waals surface area contributed by atoms with Crippen molar-refractivity contribution in [2.75, 3.05) is 6.79 Å². The fourth-order valence-corrected chi connectivity index (χ4v) is 1.56. The summed E-state index contributed by atoms with van der Waals surface area (Å²) >= 11 is 0. The van der Waals surface area contributed by atoms with E-state index in [9.17, 15) is 4.79 Å². The summed E-state index contributed by atoms with van der Waals surface area (Å²) in [7, 11) is 0. The fraction of sp³-hybridized carbons (Fsp3) is 0.133. The van der Waals surface area contributed by atoms with E-state index in [1.807, 2.05) is 30.3 Å². The molecule has 2 rings (SSSR count). The van der Waals surface area contributed by atoms with Gasteiger partial charge in [0.2, 0.25) is 0 Å². The second-order valence-corrected chi connectivity index (χ2v) is 3.93. The molecule has 0 fully saturated rings. The molecule has 98 valence electrons. The van der Waals surface area contributed by atoms with Crippen molar-refractivity contribution in [2.24, 2.45) is 0 Å². The lowest BCUT2D eigenvalue weighted by Crippen LogP contribution is -2.04. The summed E-state index contributed by atoms with van der Waals surface area (Å²) in [6.07, 6.45) is 0. The van der Waals surface area contributed by atoms with E-state index in [4.69, 9.17) is 14.6 Å². The van der Waals surface area contributed by atoms with Gasteiger partial charge in [0, 0.05) is 0 Å². The Labute approximate surface area is 111 Å². The second-order valence-electron chi connectivity index (χ2n) is 3.93. The Hall–Kier alpha value is -2.33. The maximum absolute atomic E-state index is 10.8. The van der Waals surface area contributed by atoms with Crippen LogP contribution < -0.4 is 4.74 Å². The maximum Gasteiger partial charge on any atom is 0.335 e. The number of carboxylic acids is 1. The number of rotatable bonds is 6. The van der Waals surface area contributed by atoms with Crippen molar-refractivity contribution in [1.29, 1.82) is 0 Å². The van der Waals surface area contributed by atoms with Crippen LogP contribution in [0.5, 0.6) is 5.75 Å². The Bertz CT molecular complexity index is 537. The maximum atomic E-state index is 10.8. The molecule has 0 aliphatic carbocycles. The van der Waals surface area contributed by atoms with Crippen molar-refractivity contribution in [2.45, 2.75) is 6.61 Å². The van der Waals surface area contributed by atoms with Crippen LogP contribution in [0.25, 0.3) is 0 Å². The number of hydrogen-bond acceptors (Lipinski definition) is 3. The highest BCUT2D eigenvalue weighted by Crippen LogP contribution is 2.13. The molecule has 0 aromatic heterocycles. The minimum absolute atomic E-state index is 0.0813. The van der Waals surface area contributed by atoms with Crippen LogP contribution in [0, 0.1) is 0 Å². The highest BCUT2D eigenvalue weighted by molar-refractivity contribution is 5.87. The molecule has 2 aromatic rings. The molecular weight excluding hydrogens is 244 g/mol. The van der Waals surface area contributed by atoms with Crippen LogP contribution in [0.1, 0.15) is 15.9 Å². The lowest BCUT2D eigenvalue weighted by molar-refractivity contribution is 0.00496. The van der Waals surface area contributed by atoms with E-state index in [2.05, 4.69) is 0 Å². The predicted octanol–water partition coefficient (Wildman–Crippen LogP) is 2.94. The normalized spacial score (nSPS) is 10.1. The highest BCUT2D eigenvalue weighted by atomic mass is 16.7. The first-order chi connectivity index (χ1) is 9.25. The van der Waals surface area contributed by atoms with Crippen molar-refractivity contribution in [1.82, 2.24) is 0 Å². The molecule has 0 heterocycles. The number of aromatic carboxylic acids is 1. The topological polar surface area (TPSA) is 55.8 Å². The van der Waals surface area contributed by atoms with Gasteiger partial charge in [0.25, 0.3) is 0 Å². The SMILES string of the molecule is O=C(O)c1cccc(OCOCc2ccccc2)c1. The molecule has 0 aliphatic rings. The molecule has 0 unspecified atom stereocenters. The molecule has 4 heteroatoms. The predicted molar refractivity (Wildman–Crippen MR) is 70.1 cm³/mol. The van der Waals surface area contributed by atoms with Crippen LogP contribution in [0.15, 0.2) is 54.6 Å². The van der Waals surface area contributed by atoms with Gasteiger partial charge in [0.15, 0.2) is 6.79 Å². The number of carbonyl (C=O) groups is 1. The summed E-state index contributed by atoms with van der Waals surface area (Å²) < 4.78 is 10.7. The van der Waals surface area contributed by atoms with E-state index in [1.165, 1.54) is 12.1 Å². The van der Waals surface area contributed by atoms with Gasteiger partial charge in [0.1, 0.15) is 5.75 Å². The minimum Gasteiger partial charge on any atom is -0.478 e. The van der Waals surface area contributed by atoms with Crippen molar-refractivity contribution >= 4 is 5.97 Å². The second kappa shape index (κ2) is 6.56.